The first kappa shape index (κ1) is 16.9. The number of allylic oxidation sites excluding steroid dienone is 1. The predicted octanol–water partition coefficient (Wildman–Crippen LogP) is 4.42. The molecule has 2 fully saturated rings. The topological polar surface area (TPSA) is 15.3 Å². The van der Waals surface area contributed by atoms with Gasteiger partial charge in [-0.15, -0.1) is 0 Å². The number of likely N-dealkylation sites (tertiary alicyclic amines) is 1. The summed E-state index contributed by atoms with van der Waals surface area (Å²) in [7, 11) is 0. The zero-order valence-corrected chi connectivity index (χ0v) is 15.0. The van der Waals surface area contributed by atoms with Crippen molar-refractivity contribution >= 4 is 11.6 Å². The fraction of sp³-hybridized carbons (Fsp3) is 0.600. The van der Waals surface area contributed by atoms with E-state index in [9.17, 15) is 0 Å². The quantitative estimate of drug-likeness (QED) is 0.858. The molecule has 1 aromatic carbocycles. The summed E-state index contributed by atoms with van der Waals surface area (Å²) in [5, 5.41) is 4.39. The zero-order chi connectivity index (χ0) is 16.2. The number of hydrogen-bond donors (Lipinski definition) is 1. The minimum atomic E-state index is 0.631. The zero-order valence-electron chi connectivity index (χ0n) is 14.3. The molecule has 126 valence electrons. The third kappa shape index (κ3) is 3.92. The van der Waals surface area contributed by atoms with Gasteiger partial charge in [0.1, 0.15) is 0 Å². The summed E-state index contributed by atoms with van der Waals surface area (Å²) >= 11 is 6.44. The average Bonchev–Trinajstić information content (AvgIpc) is 2.95. The van der Waals surface area contributed by atoms with Gasteiger partial charge in [-0.3, -0.25) is 0 Å². The van der Waals surface area contributed by atoms with E-state index in [4.69, 9.17) is 11.6 Å². The van der Waals surface area contributed by atoms with E-state index in [0.717, 1.165) is 31.0 Å². The van der Waals surface area contributed by atoms with Crippen LogP contribution >= 0.6 is 11.6 Å². The van der Waals surface area contributed by atoms with Crippen LogP contribution < -0.4 is 5.32 Å². The largest absolute Gasteiger partial charge is 0.372 e. The Labute approximate surface area is 145 Å². The van der Waals surface area contributed by atoms with Crippen LogP contribution in [-0.2, 0) is 12.8 Å². The highest BCUT2D eigenvalue weighted by molar-refractivity contribution is 6.31. The summed E-state index contributed by atoms with van der Waals surface area (Å²) < 4.78 is 0. The Kier molecular flexibility index (Phi) is 5.66. The van der Waals surface area contributed by atoms with Gasteiger partial charge in [-0.2, -0.15) is 0 Å². The molecule has 1 atom stereocenters. The van der Waals surface area contributed by atoms with Crippen molar-refractivity contribution in [2.45, 2.75) is 51.5 Å². The first-order chi connectivity index (χ1) is 11.2. The van der Waals surface area contributed by atoms with Crippen LogP contribution in [0.2, 0.25) is 5.02 Å². The summed E-state index contributed by atoms with van der Waals surface area (Å²) in [5.41, 5.74) is 3.98. The lowest BCUT2D eigenvalue weighted by molar-refractivity contribution is 0.230. The van der Waals surface area contributed by atoms with E-state index in [1.54, 1.807) is 0 Å². The number of rotatable bonds is 5. The second kappa shape index (κ2) is 7.72. The lowest BCUT2D eigenvalue weighted by atomic mass is 9.95. The van der Waals surface area contributed by atoms with Gasteiger partial charge < -0.3 is 10.2 Å². The molecule has 2 heterocycles. The highest BCUT2D eigenvalue weighted by Gasteiger charge is 2.31. The monoisotopic (exact) mass is 332 g/mol. The van der Waals surface area contributed by atoms with Crippen molar-refractivity contribution in [1.82, 2.24) is 10.2 Å². The highest BCUT2D eigenvalue weighted by Crippen LogP contribution is 2.34. The summed E-state index contributed by atoms with van der Waals surface area (Å²) in [6, 6.07) is 7.26. The van der Waals surface area contributed by atoms with Crippen LogP contribution in [0, 0.1) is 5.92 Å². The molecule has 2 saturated heterocycles. The Bertz CT molecular complexity index is 549. The van der Waals surface area contributed by atoms with Gasteiger partial charge in [-0.05, 0) is 68.8 Å². The van der Waals surface area contributed by atoms with Crippen molar-refractivity contribution < 1.29 is 0 Å². The molecule has 0 saturated carbocycles. The Balaban J connectivity index is 1.55. The lowest BCUT2D eigenvalue weighted by Gasteiger charge is -2.34. The first-order valence-electron chi connectivity index (χ1n) is 9.12. The average molecular weight is 333 g/mol. The Morgan fingerprint density at radius 1 is 1.26 bits per heavy atom. The van der Waals surface area contributed by atoms with Gasteiger partial charge in [0.15, 0.2) is 0 Å². The molecule has 1 unspecified atom stereocenters. The van der Waals surface area contributed by atoms with E-state index in [1.165, 1.54) is 49.1 Å². The van der Waals surface area contributed by atoms with Crippen LogP contribution in [0.15, 0.2) is 30.5 Å². The first-order valence-corrected chi connectivity index (χ1v) is 9.50. The van der Waals surface area contributed by atoms with Gasteiger partial charge in [0.05, 0.1) is 0 Å². The van der Waals surface area contributed by atoms with E-state index in [0.29, 0.717) is 12.0 Å². The molecule has 0 amide bonds. The van der Waals surface area contributed by atoms with E-state index in [1.807, 2.05) is 0 Å². The number of hydrogen-bond acceptors (Lipinski definition) is 2. The maximum absolute atomic E-state index is 6.44. The molecule has 2 nitrogen and oxygen atoms in total. The van der Waals surface area contributed by atoms with Crippen LogP contribution in [0.5, 0.6) is 0 Å². The van der Waals surface area contributed by atoms with Crippen LogP contribution in [0.1, 0.15) is 43.7 Å². The molecular formula is C20H29ClN2. The van der Waals surface area contributed by atoms with Gasteiger partial charge in [0, 0.05) is 29.2 Å². The third-order valence-corrected chi connectivity index (χ3v) is 5.95. The minimum absolute atomic E-state index is 0.631. The number of aryl methyl sites for hydroxylation is 2. The summed E-state index contributed by atoms with van der Waals surface area (Å²) in [6.45, 7) is 10.1. The molecule has 0 aromatic heterocycles. The Morgan fingerprint density at radius 2 is 2.04 bits per heavy atom. The Morgan fingerprint density at radius 3 is 2.74 bits per heavy atom. The van der Waals surface area contributed by atoms with Crippen LogP contribution in [0.3, 0.4) is 0 Å². The van der Waals surface area contributed by atoms with Crippen molar-refractivity contribution in [3.05, 3.63) is 46.6 Å². The maximum Gasteiger partial charge on any atom is 0.0440 e. The van der Waals surface area contributed by atoms with Gasteiger partial charge in [-0.25, -0.2) is 0 Å². The lowest BCUT2D eigenvalue weighted by Crippen LogP contribution is -2.41. The molecular weight excluding hydrogens is 304 g/mol. The van der Waals surface area contributed by atoms with Crippen molar-refractivity contribution in [2.24, 2.45) is 5.92 Å². The number of benzene rings is 1. The number of piperidine rings is 1. The van der Waals surface area contributed by atoms with Crippen LogP contribution in [0.25, 0.3) is 0 Å². The molecule has 2 aliphatic rings. The summed E-state index contributed by atoms with van der Waals surface area (Å²) in [5.74, 6) is 0.631. The molecule has 1 N–H and O–H groups in total. The normalized spacial score (nSPS) is 22.8. The van der Waals surface area contributed by atoms with Gasteiger partial charge >= 0.3 is 0 Å². The molecule has 2 aliphatic heterocycles. The molecule has 0 spiro atoms. The minimum Gasteiger partial charge on any atom is -0.372 e. The van der Waals surface area contributed by atoms with Gasteiger partial charge in [-0.1, -0.05) is 37.2 Å². The fourth-order valence-electron chi connectivity index (χ4n) is 4.03. The van der Waals surface area contributed by atoms with E-state index < -0.39 is 0 Å². The highest BCUT2D eigenvalue weighted by atomic mass is 35.5. The standard InChI is InChI=1S/C20H29ClN2/c1-3-16-4-5-18(20(21)14-16)7-6-17-10-13-23(15(17)2)19-8-11-22-12-9-19/h4-5,14,17,19,22H,2-3,6-13H2,1H3. The molecule has 3 rings (SSSR count). The number of nitrogens with one attached hydrogen (secondary N) is 1. The van der Waals surface area contributed by atoms with Gasteiger partial charge in [0.2, 0.25) is 0 Å². The molecule has 3 heteroatoms. The van der Waals surface area contributed by atoms with Crippen LogP contribution in [-0.4, -0.2) is 30.6 Å². The smallest absolute Gasteiger partial charge is 0.0440 e. The summed E-state index contributed by atoms with van der Waals surface area (Å²) in [6.07, 6.45) is 7.06. The number of halogens is 1. The predicted molar refractivity (Wildman–Crippen MR) is 99.0 cm³/mol. The van der Waals surface area contributed by atoms with Crippen LogP contribution in [0.4, 0.5) is 0 Å². The van der Waals surface area contributed by atoms with E-state index >= 15 is 0 Å². The molecule has 0 bridgehead atoms. The van der Waals surface area contributed by atoms with Crippen molar-refractivity contribution in [2.75, 3.05) is 19.6 Å². The second-order valence-electron chi connectivity index (χ2n) is 6.97. The Hall–Kier alpha value is -0.990. The molecule has 1 aromatic rings. The summed E-state index contributed by atoms with van der Waals surface area (Å²) in [4.78, 5) is 2.59. The van der Waals surface area contributed by atoms with Crippen molar-refractivity contribution in [1.29, 1.82) is 0 Å². The van der Waals surface area contributed by atoms with E-state index in [2.05, 4.69) is 41.9 Å². The molecule has 0 radical (unpaired) electrons. The third-order valence-electron chi connectivity index (χ3n) is 5.60. The molecule has 0 aliphatic carbocycles. The van der Waals surface area contributed by atoms with Crippen molar-refractivity contribution in [3.63, 3.8) is 0 Å². The fourth-order valence-corrected chi connectivity index (χ4v) is 4.33. The number of nitrogens with zero attached hydrogens (tertiary/aromatic N) is 1. The van der Waals surface area contributed by atoms with Crippen molar-refractivity contribution in [3.8, 4) is 0 Å². The molecule has 23 heavy (non-hydrogen) atoms. The maximum atomic E-state index is 6.44. The van der Waals surface area contributed by atoms with Gasteiger partial charge in [0.25, 0.3) is 0 Å². The second-order valence-corrected chi connectivity index (χ2v) is 7.38. The SMILES string of the molecule is C=C1C(CCc2ccc(CC)cc2Cl)CCN1C1CCNCC1. The van der Waals surface area contributed by atoms with E-state index in [-0.39, 0.29) is 0 Å².